The van der Waals surface area contributed by atoms with Crippen molar-refractivity contribution in [1.29, 1.82) is 0 Å². The van der Waals surface area contributed by atoms with E-state index in [2.05, 4.69) is 55.7 Å². The highest BCUT2D eigenvalue weighted by Crippen LogP contribution is 2.22. The summed E-state index contributed by atoms with van der Waals surface area (Å²) in [5, 5.41) is 6.08. The fourth-order valence-corrected chi connectivity index (χ4v) is 2.80. The summed E-state index contributed by atoms with van der Waals surface area (Å²) in [6.45, 7) is 6.79. The molecule has 0 unspecified atom stereocenters. The van der Waals surface area contributed by atoms with Crippen molar-refractivity contribution in [1.82, 2.24) is 10.6 Å². The van der Waals surface area contributed by atoms with E-state index in [0.29, 0.717) is 11.5 Å². The summed E-state index contributed by atoms with van der Waals surface area (Å²) in [7, 11) is 0. The van der Waals surface area contributed by atoms with Gasteiger partial charge >= 0.3 is 0 Å². The van der Waals surface area contributed by atoms with Gasteiger partial charge in [0.25, 0.3) is 0 Å². The van der Waals surface area contributed by atoms with Crippen molar-refractivity contribution in [3.63, 3.8) is 0 Å². The zero-order valence-corrected chi connectivity index (χ0v) is 15.2. The summed E-state index contributed by atoms with van der Waals surface area (Å²) in [5.41, 5.74) is 2.97. The first-order valence-electron chi connectivity index (χ1n) is 8.83. The molecule has 0 heterocycles. The highest BCUT2D eigenvalue weighted by atomic mass is 19.1. The number of rotatable bonds is 8. The van der Waals surface area contributed by atoms with Crippen LogP contribution in [0, 0.1) is 11.7 Å². The van der Waals surface area contributed by atoms with Crippen molar-refractivity contribution >= 4 is 5.91 Å². The summed E-state index contributed by atoms with van der Waals surface area (Å²) >= 11 is 0. The van der Waals surface area contributed by atoms with E-state index >= 15 is 0 Å². The number of hydrogen-bond donors (Lipinski definition) is 2. The molecule has 0 saturated heterocycles. The van der Waals surface area contributed by atoms with E-state index in [1.807, 2.05) is 0 Å². The second kappa shape index (κ2) is 9.33. The normalized spacial score (nSPS) is 12.2. The van der Waals surface area contributed by atoms with E-state index in [1.165, 1.54) is 17.2 Å². The highest BCUT2D eigenvalue weighted by molar-refractivity contribution is 5.78. The molecule has 0 aromatic heterocycles. The van der Waals surface area contributed by atoms with Crippen molar-refractivity contribution in [3.05, 3.63) is 71.0 Å². The van der Waals surface area contributed by atoms with Gasteiger partial charge < -0.3 is 10.6 Å². The summed E-state index contributed by atoms with van der Waals surface area (Å²) in [6.07, 6.45) is 1.01. The van der Waals surface area contributed by atoms with Crippen LogP contribution in [0.3, 0.4) is 0 Å². The van der Waals surface area contributed by atoms with E-state index in [-0.39, 0.29) is 30.9 Å². The zero-order chi connectivity index (χ0) is 18.2. The Labute approximate surface area is 149 Å². The Bertz CT molecular complexity index is 683. The SMILES string of the molecule is CCc1ccc([C@@H](NCC(=O)NCc2ccccc2F)C(C)C)cc1. The van der Waals surface area contributed by atoms with Gasteiger partial charge in [0.15, 0.2) is 0 Å². The molecule has 25 heavy (non-hydrogen) atoms. The Morgan fingerprint density at radius 3 is 2.36 bits per heavy atom. The Morgan fingerprint density at radius 1 is 1.08 bits per heavy atom. The molecule has 0 aliphatic carbocycles. The third-order valence-corrected chi connectivity index (χ3v) is 4.33. The molecule has 2 N–H and O–H groups in total. The number of amides is 1. The quantitative estimate of drug-likeness (QED) is 0.761. The van der Waals surface area contributed by atoms with Gasteiger partial charge in [-0.1, -0.05) is 63.2 Å². The predicted octanol–water partition coefficient (Wildman–Crippen LogP) is 3.99. The summed E-state index contributed by atoms with van der Waals surface area (Å²) in [6, 6.07) is 15.1. The van der Waals surface area contributed by atoms with Crippen molar-refractivity contribution in [2.24, 2.45) is 5.92 Å². The molecule has 1 amide bonds. The molecular weight excluding hydrogens is 315 g/mol. The van der Waals surface area contributed by atoms with E-state index in [4.69, 9.17) is 0 Å². The van der Waals surface area contributed by atoms with Crippen molar-refractivity contribution in [2.45, 2.75) is 39.8 Å². The fourth-order valence-electron chi connectivity index (χ4n) is 2.80. The molecule has 0 aliphatic rings. The van der Waals surface area contributed by atoms with Gasteiger partial charge in [0.05, 0.1) is 6.54 Å². The molecular formula is C21H27FN2O. The minimum absolute atomic E-state index is 0.102. The van der Waals surface area contributed by atoms with Crippen LogP contribution in [0.2, 0.25) is 0 Å². The van der Waals surface area contributed by atoms with E-state index < -0.39 is 0 Å². The van der Waals surface area contributed by atoms with E-state index in [1.54, 1.807) is 18.2 Å². The van der Waals surface area contributed by atoms with Gasteiger partial charge in [-0.15, -0.1) is 0 Å². The fraction of sp³-hybridized carbons (Fsp3) is 0.381. The third-order valence-electron chi connectivity index (χ3n) is 4.33. The molecule has 0 aliphatic heterocycles. The molecule has 2 aromatic rings. The molecule has 0 saturated carbocycles. The Morgan fingerprint density at radius 2 is 1.76 bits per heavy atom. The Kier molecular flexibility index (Phi) is 7.14. The second-order valence-electron chi connectivity index (χ2n) is 6.57. The molecule has 0 bridgehead atoms. The van der Waals surface area contributed by atoms with Gasteiger partial charge in [-0.2, -0.15) is 0 Å². The topological polar surface area (TPSA) is 41.1 Å². The monoisotopic (exact) mass is 342 g/mol. The van der Waals surface area contributed by atoms with Crippen LogP contribution in [0.5, 0.6) is 0 Å². The van der Waals surface area contributed by atoms with Crippen molar-refractivity contribution in [2.75, 3.05) is 6.54 Å². The first-order valence-corrected chi connectivity index (χ1v) is 8.83. The smallest absolute Gasteiger partial charge is 0.234 e. The summed E-state index contributed by atoms with van der Waals surface area (Å²) in [5.74, 6) is -0.0854. The number of carbonyl (C=O) groups is 1. The van der Waals surface area contributed by atoms with Crippen LogP contribution in [0.1, 0.15) is 43.5 Å². The predicted molar refractivity (Wildman–Crippen MR) is 99.6 cm³/mol. The molecule has 134 valence electrons. The van der Waals surface area contributed by atoms with Crippen LogP contribution in [0.15, 0.2) is 48.5 Å². The van der Waals surface area contributed by atoms with Gasteiger partial charge in [-0.3, -0.25) is 4.79 Å². The number of hydrogen-bond acceptors (Lipinski definition) is 2. The van der Waals surface area contributed by atoms with Crippen LogP contribution < -0.4 is 10.6 Å². The minimum atomic E-state index is -0.299. The number of nitrogens with one attached hydrogen (secondary N) is 2. The maximum absolute atomic E-state index is 13.6. The highest BCUT2D eigenvalue weighted by Gasteiger charge is 2.16. The molecule has 0 radical (unpaired) electrons. The third kappa shape index (κ3) is 5.68. The van der Waals surface area contributed by atoms with Gasteiger partial charge in [0.2, 0.25) is 5.91 Å². The molecule has 0 fully saturated rings. The average Bonchev–Trinajstić information content (AvgIpc) is 2.61. The largest absolute Gasteiger partial charge is 0.351 e. The molecule has 1 atom stereocenters. The zero-order valence-electron chi connectivity index (χ0n) is 15.2. The van der Waals surface area contributed by atoms with E-state index in [0.717, 1.165) is 6.42 Å². The first-order chi connectivity index (χ1) is 12.0. The molecule has 3 nitrogen and oxygen atoms in total. The number of aryl methyl sites for hydroxylation is 1. The van der Waals surface area contributed by atoms with Crippen molar-refractivity contribution in [3.8, 4) is 0 Å². The van der Waals surface area contributed by atoms with Crippen LogP contribution in [-0.2, 0) is 17.8 Å². The Hall–Kier alpha value is -2.20. The van der Waals surface area contributed by atoms with Crippen LogP contribution in [0.4, 0.5) is 4.39 Å². The lowest BCUT2D eigenvalue weighted by Crippen LogP contribution is -2.37. The standard InChI is InChI=1S/C21H27FN2O/c1-4-16-9-11-17(12-10-16)21(15(2)3)24-14-20(25)23-13-18-7-5-6-8-19(18)22/h5-12,15,21,24H,4,13-14H2,1-3H3,(H,23,25)/t21-/m0/s1. The van der Waals surface area contributed by atoms with Crippen molar-refractivity contribution < 1.29 is 9.18 Å². The molecule has 2 aromatic carbocycles. The average molecular weight is 342 g/mol. The molecule has 2 rings (SSSR count). The number of carbonyl (C=O) groups excluding carboxylic acids is 1. The van der Waals surface area contributed by atoms with Crippen LogP contribution in [0.25, 0.3) is 0 Å². The second-order valence-corrected chi connectivity index (χ2v) is 6.57. The molecule has 0 spiro atoms. The van der Waals surface area contributed by atoms with E-state index in [9.17, 15) is 9.18 Å². The number of halogens is 1. The lowest BCUT2D eigenvalue weighted by molar-refractivity contribution is -0.120. The van der Waals surface area contributed by atoms with Crippen LogP contribution >= 0.6 is 0 Å². The van der Waals surface area contributed by atoms with Gasteiger partial charge in [0.1, 0.15) is 5.82 Å². The van der Waals surface area contributed by atoms with Gasteiger partial charge in [0, 0.05) is 18.2 Å². The maximum Gasteiger partial charge on any atom is 0.234 e. The lowest BCUT2D eigenvalue weighted by atomic mass is 9.95. The lowest BCUT2D eigenvalue weighted by Gasteiger charge is -2.23. The van der Waals surface area contributed by atoms with Crippen LogP contribution in [-0.4, -0.2) is 12.5 Å². The summed E-state index contributed by atoms with van der Waals surface area (Å²) < 4.78 is 13.6. The first kappa shape index (κ1) is 19.1. The molecule has 4 heteroatoms. The summed E-state index contributed by atoms with van der Waals surface area (Å²) in [4.78, 5) is 12.1. The maximum atomic E-state index is 13.6. The number of benzene rings is 2. The Balaban J connectivity index is 1.89. The minimum Gasteiger partial charge on any atom is -0.351 e. The van der Waals surface area contributed by atoms with Gasteiger partial charge in [-0.05, 0) is 29.5 Å². The van der Waals surface area contributed by atoms with Gasteiger partial charge in [-0.25, -0.2) is 4.39 Å².